The van der Waals surface area contributed by atoms with Crippen LogP contribution in [0.4, 0.5) is 0 Å². The molecule has 0 aliphatic heterocycles. The van der Waals surface area contributed by atoms with Crippen molar-refractivity contribution in [1.29, 1.82) is 0 Å². The Morgan fingerprint density at radius 2 is 2.36 bits per heavy atom. The molecule has 0 radical (unpaired) electrons. The Morgan fingerprint density at radius 3 is 3.00 bits per heavy atom. The first-order chi connectivity index (χ1) is 5.47. The largest absolute Gasteiger partial charge is 0.152 e. The molecular formula is C10H10S. The molecule has 0 saturated carbocycles. The van der Waals surface area contributed by atoms with E-state index in [-0.39, 0.29) is 0 Å². The molecule has 11 heavy (non-hydrogen) atoms. The van der Waals surface area contributed by atoms with Crippen LogP contribution >= 0.6 is 11.3 Å². The van der Waals surface area contributed by atoms with Crippen LogP contribution in [0.15, 0.2) is 35.1 Å². The summed E-state index contributed by atoms with van der Waals surface area (Å²) in [4.78, 5) is 0. The van der Waals surface area contributed by atoms with Crippen LogP contribution < -0.4 is 0 Å². The van der Waals surface area contributed by atoms with Gasteiger partial charge in [-0.05, 0) is 40.8 Å². The molecule has 1 heterocycles. The highest BCUT2D eigenvalue weighted by atomic mass is 32.1. The lowest BCUT2D eigenvalue weighted by Gasteiger charge is -2.05. The second-order valence-electron chi connectivity index (χ2n) is 2.67. The molecule has 0 amide bonds. The summed E-state index contributed by atoms with van der Waals surface area (Å²) in [5, 5.41) is 4.35. The van der Waals surface area contributed by atoms with E-state index < -0.39 is 0 Å². The van der Waals surface area contributed by atoms with Crippen LogP contribution in [0.1, 0.15) is 18.4 Å². The normalized spacial score (nSPS) is 16.5. The summed E-state index contributed by atoms with van der Waals surface area (Å²) in [6, 6.07) is 2.19. The van der Waals surface area contributed by atoms with E-state index in [4.69, 9.17) is 0 Å². The molecular weight excluding hydrogens is 152 g/mol. The summed E-state index contributed by atoms with van der Waals surface area (Å²) >= 11 is 1.77. The average molecular weight is 162 g/mol. The van der Waals surface area contributed by atoms with E-state index in [0.29, 0.717) is 0 Å². The Labute approximate surface area is 70.9 Å². The second-order valence-corrected chi connectivity index (χ2v) is 3.45. The zero-order chi connectivity index (χ0) is 7.52. The van der Waals surface area contributed by atoms with Gasteiger partial charge in [-0.15, -0.1) is 0 Å². The van der Waals surface area contributed by atoms with E-state index in [1.54, 1.807) is 11.3 Å². The van der Waals surface area contributed by atoms with E-state index in [9.17, 15) is 0 Å². The molecule has 0 nitrogen and oxygen atoms in total. The second kappa shape index (κ2) is 3.05. The van der Waals surface area contributed by atoms with Gasteiger partial charge in [-0.25, -0.2) is 0 Å². The van der Waals surface area contributed by atoms with Gasteiger partial charge in [-0.3, -0.25) is 0 Å². The number of rotatable bonds is 1. The van der Waals surface area contributed by atoms with Crippen molar-refractivity contribution in [2.75, 3.05) is 0 Å². The van der Waals surface area contributed by atoms with Crippen molar-refractivity contribution < 1.29 is 0 Å². The van der Waals surface area contributed by atoms with Crippen molar-refractivity contribution in [2.24, 2.45) is 0 Å². The summed E-state index contributed by atoms with van der Waals surface area (Å²) in [6.07, 6.45) is 8.98. The predicted octanol–water partition coefficient (Wildman–Crippen LogP) is 3.48. The fourth-order valence-electron chi connectivity index (χ4n) is 1.29. The third kappa shape index (κ3) is 1.43. The van der Waals surface area contributed by atoms with Crippen molar-refractivity contribution in [3.8, 4) is 0 Å². The Bertz CT molecular complexity index is 278. The Balaban J connectivity index is 2.29. The van der Waals surface area contributed by atoms with Gasteiger partial charge >= 0.3 is 0 Å². The highest BCUT2D eigenvalue weighted by Gasteiger charge is 2.01. The highest BCUT2D eigenvalue weighted by Crippen LogP contribution is 2.24. The molecule has 0 fully saturated rings. The number of hydrogen-bond donors (Lipinski definition) is 0. The lowest BCUT2D eigenvalue weighted by Crippen LogP contribution is -1.84. The van der Waals surface area contributed by atoms with Gasteiger partial charge in [0.05, 0.1) is 0 Å². The van der Waals surface area contributed by atoms with Crippen LogP contribution in [-0.2, 0) is 0 Å². The molecule has 0 spiro atoms. The molecule has 0 aromatic carbocycles. The quantitative estimate of drug-likeness (QED) is 0.593. The Kier molecular flexibility index (Phi) is 1.91. The molecule has 0 N–H and O–H groups in total. The zero-order valence-corrected chi connectivity index (χ0v) is 7.10. The van der Waals surface area contributed by atoms with Crippen molar-refractivity contribution in [3.05, 3.63) is 40.6 Å². The maximum atomic E-state index is 2.22. The van der Waals surface area contributed by atoms with E-state index in [1.807, 2.05) is 0 Å². The molecule has 1 heteroatoms. The lowest BCUT2D eigenvalue weighted by molar-refractivity contribution is 1.06. The summed E-state index contributed by atoms with van der Waals surface area (Å²) < 4.78 is 0. The molecule has 0 saturated heterocycles. The molecule has 56 valence electrons. The molecule has 2 rings (SSSR count). The van der Waals surface area contributed by atoms with Gasteiger partial charge in [0.2, 0.25) is 0 Å². The van der Waals surface area contributed by atoms with Crippen molar-refractivity contribution in [1.82, 2.24) is 0 Å². The highest BCUT2D eigenvalue weighted by molar-refractivity contribution is 7.08. The van der Waals surface area contributed by atoms with E-state index >= 15 is 0 Å². The molecule has 0 bridgehead atoms. The first-order valence-corrected chi connectivity index (χ1v) is 4.79. The molecule has 1 aromatic heterocycles. The predicted molar refractivity (Wildman–Crippen MR) is 50.7 cm³/mol. The fourth-order valence-corrected chi connectivity index (χ4v) is 1.97. The number of thiophene rings is 1. The molecule has 1 aliphatic rings. The topological polar surface area (TPSA) is 0 Å². The van der Waals surface area contributed by atoms with Crippen LogP contribution in [0.2, 0.25) is 0 Å². The van der Waals surface area contributed by atoms with Gasteiger partial charge in [-0.2, -0.15) is 11.3 Å². The third-order valence-corrected chi connectivity index (χ3v) is 2.59. The summed E-state index contributed by atoms with van der Waals surface area (Å²) in [5.41, 5.74) is 2.88. The maximum Gasteiger partial charge on any atom is -0.00180 e. The van der Waals surface area contributed by atoms with Gasteiger partial charge in [-0.1, -0.05) is 18.2 Å². The fraction of sp³-hybridized carbons (Fsp3) is 0.200. The van der Waals surface area contributed by atoms with Crippen molar-refractivity contribution in [3.63, 3.8) is 0 Å². The lowest BCUT2D eigenvalue weighted by atomic mass is 10.0. The standard InChI is InChI=1S/C10H10S/c1-2-4-9(5-3-1)10-6-7-11-8-10/h1-2,4,6-8H,3,5H2. The van der Waals surface area contributed by atoms with Gasteiger partial charge < -0.3 is 0 Å². The minimum atomic E-state index is 1.20. The van der Waals surface area contributed by atoms with Gasteiger partial charge in [0.1, 0.15) is 0 Å². The summed E-state index contributed by atoms with van der Waals surface area (Å²) in [6.45, 7) is 0. The molecule has 0 unspecified atom stereocenters. The van der Waals surface area contributed by atoms with Crippen LogP contribution in [0.25, 0.3) is 5.57 Å². The summed E-state index contributed by atoms with van der Waals surface area (Å²) in [5.74, 6) is 0. The SMILES string of the molecule is C1=CCCC(c2ccsc2)=C1. The molecule has 0 atom stereocenters. The van der Waals surface area contributed by atoms with Gasteiger partial charge in [0, 0.05) is 0 Å². The first kappa shape index (κ1) is 6.86. The number of allylic oxidation sites excluding steroid dienone is 4. The van der Waals surface area contributed by atoms with Crippen LogP contribution in [-0.4, -0.2) is 0 Å². The first-order valence-electron chi connectivity index (χ1n) is 3.85. The smallest absolute Gasteiger partial charge is 0.00180 e. The van der Waals surface area contributed by atoms with Crippen molar-refractivity contribution >= 4 is 16.9 Å². The summed E-state index contributed by atoms with van der Waals surface area (Å²) in [7, 11) is 0. The van der Waals surface area contributed by atoms with E-state index in [0.717, 1.165) is 0 Å². The third-order valence-electron chi connectivity index (χ3n) is 1.91. The van der Waals surface area contributed by atoms with Crippen molar-refractivity contribution in [2.45, 2.75) is 12.8 Å². The van der Waals surface area contributed by atoms with Gasteiger partial charge in [0.15, 0.2) is 0 Å². The number of hydrogen-bond acceptors (Lipinski definition) is 1. The Morgan fingerprint density at radius 1 is 1.36 bits per heavy atom. The van der Waals surface area contributed by atoms with Crippen LogP contribution in [0.5, 0.6) is 0 Å². The van der Waals surface area contributed by atoms with Gasteiger partial charge in [0.25, 0.3) is 0 Å². The maximum absolute atomic E-state index is 2.22. The minimum absolute atomic E-state index is 1.20. The van der Waals surface area contributed by atoms with Crippen LogP contribution in [0.3, 0.4) is 0 Å². The Hall–Kier alpha value is -0.820. The molecule has 1 aromatic rings. The zero-order valence-electron chi connectivity index (χ0n) is 6.29. The van der Waals surface area contributed by atoms with E-state index in [1.165, 1.54) is 24.0 Å². The van der Waals surface area contributed by atoms with Crippen LogP contribution in [0, 0.1) is 0 Å². The minimum Gasteiger partial charge on any atom is -0.152 e. The molecule has 1 aliphatic carbocycles. The van der Waals surface area contributed by atoms with E-state index in [2.05, 4.69) is 35.1 Å². The average Bonchev–Trinajstić information content (AvgIpc) is 2.58. The monoisotopic (exact) mass is 162 g/mol.